The Morgan fingerprint density at radius 2 is 2.06 bits per heavy atom. The summed E-state index contributed by atoms with van der Waals surface area (Å²) in [6.45, 7) is 7.40. The van der Waals surface area contributed by atoms with Crippen molar-refractivity contribution in [2.24, 2.45) is 30.7 Å². The fourth-order valence-electron chi connectivity index (χ4n) is 4.82. The third-order valence-corrected chi connectivity index (χ3v) is 6.69. The smallest absolute Gasteiger partial charge is 0.271 e. The van der Waals surface area contributed by atoms with E-state index in [-0.39, 0.29) is 5.91 Å². The summed E-state index contributed by atoms with van der Waals surface area (Å²) in [5, 5.41) is 3.06. The van der Waals surface area contributed by atoms with Gasteiger partial charge in [-0.15, -0.1) is 0 Å². The zero-order chi connectivity index (χ0) is 22.0. The van der Waals surface area contributed by atoms with E-state index in [4.69, 9.17) is 4.98 Å². The number of allylic oxidation sites excluding steroid dienone is 1. The third kappa shape index (κ3) is 4.53. The van der Waals surface area contributed by atoms with Gasteiger partial charge >= 0.3 is 0 Å². The molecular formula is C25H31N5O. The van der Waals surface area contributed by atoms with E-state index in [0.717, 1.165) is 24.2 Å². The first-order valence-corrected chi connectivity index (χ1v) is 11.1. The highest BCUT2D eigenvalue weighted by Crippen LogP contribution is 2.38. The van der Waals surface area contributed by atoms with Crippen LogP contribution >= 0.6 is 0 Å². The number of nitrogens with one attached hydrogen (secondary N) is 1. The van der Waals surface area contributed by atoms with Crippen molar-refractivity contribution in [3.05, 3.63) is 66.0 Å². The molecule has 1 aromatic carbocycles. The Hall–Kier alpha value is -3.02. The van der Waals surface area contributed by atoms with Gasteiger partial charge in [0.1, 0.15) is 11.5 Å². The minimum Gasteiger partial charge on any atom is -0.350 e. The van der Waals surface area contributed by atoms with Crippen LogP contribution in [0.5, 0.6) is 0 Å². The summed E-state index contributed by atoms with van der Waals surface area (Å²) < 4.78 is 2.22. The van der Waals surface area contributed by atoms with Gasteiger partial charge < -0.3 is 9.88 Å². The summed E-state index contributed by atoms with van der Waals surface area (Å²) >= 11 is 0. The lowest BCUT2D eigenvalue weighted by Crippen LogP contribution is -2.37. The maximum absolute atomic E-state index is 12.4. The molecule has 0 fully saturated rings. The van der Waals surface area contributed by atoms with Crippen molar-refractivity contribution in [1.29, 1.82) is 0 Å². The molecule has 4 rings (SSSR count). The Labute approximate surface area is 183 Å². The highest BCUT2D eigenvalue weighted by molar-refractivity contribution is 5.91. The summed E-state index contributed by atoms with van der Waals surface area (Å²) in [5.74, 6) is 2.79. The summed E-state index contributed by atoms with van der Waals surface area (Å²) in [6, 6.07) is 8.31. The van der Waals surface area contributed by atoms with Gasteiger partial charge in [-0.2, -0.15) is 0 Å². The van der Waals surface area contributed by atoms with Crippen molar-refractivity contribution in [2.45, 2.75) is 33.6 Å². The predicted molar refractivity (Wildman–Crippen MR) is 122 cm³/mol. The van der Waals surface area contributed by atoms with E-state index in [0.29, 0.717) is 35.9 Å². The van der Waals surface area contributed by atoms with E-state index < -0.39 is 0 Å². The monoisotopic (exact) mass is 417 g/mol. The second-order valence-corrected chi connectivity index (χ2v) is 9.00. The number of nitrogens with zero attached hydrogens (tertiary/aromatic N) is 4. The lowest BCUT2D eigenvalue weighted by atomic mass is 9.69. The molecule has 3 atom stereocenters. The molecule has 1 aliphatic rings. The Morgan fingerprint density at radius 3 is 2.77 bits per heavy atom. The highest BCUT2D eigenvalue weighted by Gasteiger charge is 2.32. The number of aryl methyl sites for hydroxylation is 1. The number of hydrogen-bond acceptors (Lipinski definition) is 4. The molecule has 6 heteroatoms. The van der Waals surface area contributed by atoms with Crippen LogP contribution in [0.2, 0.25) is 0 Å². The van der Waals surface area contributed by atoms with Crippen molar-refractivity contribution < 1.29 is 4.79 Å². The van der Waals surface area contributed by atoms with Gasteiger partial charge in [-0.25, -0.2) is 9.97 Å². The Morgan fingerprint density at radius 1 is 1.26 bits per heavy atom. The molecule has 0 aliphatic heterocycles. The zero-order valence-corrected chi connectivity index (χ0v) is 18.7. The van der Waals surface area contributed by atoms with Crippen LogP contribution in [0.15, 0.2) is 54.5 Å². The van der Waals surface area contributed by atoms with Gasteiger partial charge in [0.15, 0.2) is 0 Å². The van der Waals surface area contributed by atoms with Crippen molar-refractivity contribution in [2.75, 3.05) is 6.54 Å². The van der Waals surface area contributed by atoms with Crippen LogP contribution in [0.1, 0.15) is 43.5 Å². The van der Waals surface area contributed by atoms with Crippen LogP contribution in [-0.2, 0) is 13.5 Å². The molecule has 6 nitrogen and oxygen atoms in total. The number of para-hydroxylation sites is 2. The van der Waals surface area contributed by atoms with Crippen molar-refractivity contribution >= 4 is 16.9 Å². The lowest BCUT2D eigenvalue weighted by molar-refractivity contribution is 0.0933. The van der Waals surface area contributed by atoms with E-state index in [1.807, 2.05) is 6.07 Å². The summed E-state index contributed by atoms with van der Waals surface area (Å²) in [4.78, 5) is 25.4. The molecule has 162 valence electrons. The Balaban J connectivity index is 1.49. The predicted octanol–water partition coefficient (Wildman–Crippen LogP) is 4.19. The number of imidazole rings is 1. The van der Waals surface area contributed by atoms with Crippen LogP contribution in [0.4, 0.5) is 0 Å². The number of aromatic nitrogens is 4. The molecule has 0 unspecified atom stereocenters. The SMILES string of the molecule is CC1=C[C@@H](CNC(=O)c2cnccn2)[C@H](C(C)C)C[C@H]1Cc1nc2ccccc2n1C. The van der Waals surface area contributed by atoms with Crippen LogP contribution in [0, 0.1) is 23.7 Å². The average Bonchev–Trinajstić information content (AvgIpc) is 3.09. The standard InChI is InChI=1S/C25H31N5O/c1-16(2)20-12-18(13-24-29-21-7-5-6-8-23(21)30(24)4)17(3)11-19(20)14-28-25(31)22-15-26-9-10-27-22/h5-11,15-16,18-20H,12-14H2,1-4H3,(H,28,31)/t18-,19-,20-/m0/s1. The van der Waals surface area contributed by atoms with Crippen LogP contribution < -0.4 is 5.32 Å². The number of carbonyl (C=O) groups is 1. The van der Waals surface area contributed by atoms with Gasteiger partial charge in [-0.3, -0.25) is 9.78 Å². The minimum atomic E-state index is -0.163. The topological polar surface area (TPSA) is 72.7 Å². The molecule has 2 aromatic heterocycles. The van der Waals surface area contributed by atoms with Crippen LogP contribution in [0.3, 0.4) is 0 Å². The van der Waals surface area contributed by atoms with Gasteiger partial charge in [0.2, 0.25) is 0 Å². The molecule has 0 saturated heterocycles. The molecule has 1 amide bonds. The summed E-state index contributed by atoms with van der Waals surface area (Å²) in [6.07, 6.45) is 9.04. The molecule has 3 aromatic rings. The molecule has 1 aliphatic carbocycles. The van der Waals surface area contributed by atoms with Gasteiger partial charge in [0.25, 0.3) is 5.91 Å². The quantitative estimate of drug-likeness (QED) is 0.611. The maximum atomic E-state index is 12.4. The van der Waals surface area contributed by atoms with Crippen LogP contribution in [-0.4, -0.2) is 32.0 Å². The molecule has 0 spiro atoms. The highest BCUT2D eigenvalue weighted by atomic mass is 16.1. The van der Waals surface area contributed by atoms with E-state index in [1.165, 1.54) is 17.3 Å². The molecule has 1 N–H and O–H groups in total. The fourth-order valence-corrected chi connectivity index (χ4v) is 4.82. The molecule has 0 radical (unpaired) electrons. The normalized spacial score (nSPS) is 21.3. The second-order valence-electron chi connectivity index (χ2n) is 9.00. The van der Waals surface area contributed by atoms with Crippen molar-refractivity contribution in [3.63, 3.8) is 0 Å². The fraction of sp³-hybridized carbons (Fsp3) is 0.440. The van der Waals surface area contributed by atoms with E-state index in [1.54, 1.807) is 12.4 Å². The molecule has 0 saturated carbocycles. The number of fused-ring (bicyclic) bond motifs is 1. The molecule has 2 heterocycles. The van der Waals surface area contributed by atoms with E-state index in [9.17, 15) is 4.79 Å². The summed E-state index contributed by atoms with van der Waals surface area (Å²) in [5.41, 5.74) is 3.99. The van der Waals surface area contributed by atoms with Gasteiger partial charge in [0, 0.05) is 32.4 Å². The Kier molecular flexibility index (Phi) is 6.16. The van der Waals surface area contributed by atoms with Gasteiger partial charge in [-0.05, 0) is 49.1 Å². The van der Waals surface area contributed by atoms with Crippen LogP contribution in [0.25, 0.3) is 11.0 Å². The van der Waals surface area contributed by atoms with E-state index in [2.05, 4.69) is 71.9 Å². The number of amides is 1. The average molecular weight is 418 g/mol. The first-order chi connectivity index (χ1) is 14.9. The number of hydrogen-bond donors (Lipinski definition) is 1. The molecule has 31 heavy (non-hydrogen) atoms. The maximum Gasteiger partial charge on any atom is 0.271 e. The van der Waals surface area contributed by atoms with E-state index >= 15 is 0 Å². The first kappa shape index (κ1) is 21.2. The number of rotatable bonds is 6. The van der Waals surface area contributed by atoms with Crippen molar-refractivity contribution in [3.8, 4) is 0 Å². The van der Waals surface area contributed by atoms with Gasteiger partial charge in [-0.1, -0.05) is 37.6 Å². The molecular weight excluding hydrogens is 386 g/mol. The Bertz CT molecular complexity index is 1090. The molecule has 0 bridgehead atoms. The summed E-state index contributed by atoms with van der Waals surface area (Å²) in [7, 11) is 2.11. The zero-order valence-electron chi connectivity index (χ0n) is 18.7. The lowest BCUT2D eigenvalue weighted by Gasteiger charge is -2.37. The first-order valence-electron chi connectivity index (χ1n) is 11.1. The van der Waals surface area contributed by atoms with Crippen molar-refractivity contribution in [1.82, 2.24) is 24.8 Å². The second kappa shape index (κ2) is 9.00. The third-order valence-electron chi connectivity index (χ3n) is 6.69. The minimum absolute atomic E-state index is 0.163. The van der Waals surface area contributed by atoms with Gasteiger partial charge in [0.05, 0.1) is 17.2 Å². The largest absolute Gasteiger partial charge is 0.350 e. The number of benzene rings is 1. The number of carbonyl (C=O) groups excluding carboxylic acids is 1.